The van der Waals surface area contributed by atoms with E-state index in [1.807, 2.05) is 18.2 Å². The van der Waals surface area contributed by atoms with Crippen LogP contribution >= 0.6 is 22.9 Å². The van der Waals surface area contributed by atoms with E-state index in [1.54, 1.807) is 23.3 Å². The van der Waals surface area contributed by atoms with Gasteiger partial charge in [0.2, 0.25) is 0 Å². The number of carbonyl (C=O) groups excluding carboxylic acids is 1. The van der Waals surface area contributed by atoms with Crippen molar-refractivity contribution in [1.82, 2.24) is 9.88 Å². The molecule has 1 saturated heterocycles. The minimum atomic E-state index is -0.588. The Hall–Kier alpha value is -2.38. The smallest absolute Gasteiger partial charge is 0.258 e. The normalized spacial score (nSPS) is 14.6. The maximum atomic E-state index is 14.0. The van der Waals surface area contributed by atoms with Crippen LogP contribution in [-0.2, 0) is 0 Å². The first-order chi connectivity index (χ1) is 13.1. The molecule has 0 aliphatic carbocycles. The predicted octanol–water partition coefficient (Wildman–Crippen LogP) is 4.06. The van der Waals surface area contributed by atoms with Crippen molar-refractivity contribution in [2.24, 2.45) is 0 Å². The molecule has 1 fully saturated rings. The quantitative estimate of drug-likeness (QED) is 0.659. The Morgan fingerprint density at radius 3 is 2.70 bits per heavy atom. The highest BCUT2D eigenvalue weighted by atomic mass is 35.5. The number of hydrogen-bond donors (Lipinski definition) is 0. The maximum Gasteiger partial charge on any atom is 0.258 e. The molecule has 3 aromatic rings. The number of amides is 1. The van der Waals surface area contributed by atoms with E-state index in [2.05, 4.69) is 9.88 Å². The molecule has 0 N–H and O–H groups in total. The largest absolute Gasteiger partial charge is 0.497 e. The standard InChI is InChI=1S/C19H17ClFN3O2S/c1-26-12-5-6-15-16(11-12)27-19(22-15)24-9-7-23(8-10-24)18(25)17-13(20)3-2-4-14(17)21/h2-6,11H,7-10H2,1H3. The van der Waals surface area contributed by atoms with Crippen LogP contribution in [0.2, 0.25) is 5.02 Å². The number of fused-ring (bicyclic) bond motifs is 1. The Bertz CT molecular complexity index is 982. The van der Waals surface area contributed by atoms with Crippen LogP contribution in [0.15, 0.2) is 36.4 Å². The fourth-order valence-corrected chi connectivity index (χ4v) is 4.41. The molecule has 1 amide bonds. The van der Waals surface area contributed by atoms with Gasteiger partial charge in [-0.15, -0.1) is 0 Å². The second-order valence-corrected chi connectivity index (χ2v) is 7.62. The molecule has 0 radical (unpaired) electrons. The Balaban J connectivity index is 1.48. The summed E-state index contributed by atoms with van der Waals surface area (Å²) in [6, 6.07) is 10.1. The zero-order valence-corrected chi connectivity index (χ0v) is 16.2. The van der Waals surface area contributed by atoms with Crippen molar-refractivity contribution in [2.75, 3.05) is 38.2 Å². The summed E-state index contributed by atoms with van der Waals surface area (Å²) in [5.74, 6) is -0.156. The second kappa shape index (κ2) is 7.32. The lowest BCUT2D eigenvalue weighted by atomic mass is 10.1. The van der Waals surface area contributed by atoms with Gasteiger partial charge in [0.1, 0.15) is 11.6 Å². The molecule has 4 rings (SSSR count). The highest BCUT2D eigenvalue weighted by molar-refractivity contribution is 7.22. The Morgan fingerprint density at radius 1 is 1.22 bits per heavy atom. The average Bonchev–Trinajstić information content (AvgIpc) is 3.11. The molecule has 0 spiro atoms. The Kier molecular flexibility index (Phi) is 4.88. The molecular weight excluding hydrogens is 389 g/mol. The van der Waals surface area contributed by atoms with Crippen LogP contribution in [0, 0.1) is 5.82 Å². The predicted molar refractivity (Wildman–Crippen MR) is 106 cm³/mol. The molecule has 1 aromatic heterocycles. The molecule has 8 heteroatoms. The minimum Gasteiger partial charge on any atom is -0.497 e. The zero-order valence-electron chi connectivity index (χ0n) is 14.6. The summed E-state index contributed by atoms with van der Waals surface area (Å²) in [6.07, 6.45) is 0. The van der Waals surface area contributed by atoms with E-state index in [-0.39, 0.29) is 16.5 Å². The number of piperazine rings is 1. The summed E-state index contributed by atoms with van der Waals surface area (Å²) in [7, 11) is 1.64. The molecule has 0 unspecified atom stereocenters. The maximum absolute atomic E-state index is 14.0. The van der Waals surface area contributed by atoms with Gasteiger partial charge in [-0.1, -0.05) is 29.0 Å². The number of ether oxygens (including phenoxy) is 1. The molecular formula is C19H17ClFN3O2S. The van der Waals surface area contributed by atoms with Crippen molar-refractivity contribution in [3.8, 4) is 5.75 Å². The number of anilines is 1. The van der Waals surface area contributed by atoms with E-state index in [0.717, 1.165) is 21.1 Å². The number of hydrogen-bond acceptors (Lipinski definition) is 5. The number of methoxy groups -OCH3 is 1. The molecule has 1 aliphatic heterocycles. The molecule has 0 atom stereocenters. The summed E-state index contributed by atoms with van der Waals surface area (Å²) in [5.41, 5.74) is 0.868. The highest BCUT2D eigenvalue weighted by Crippen LogP contribution is 2.32. The zero-order chi connectivity index (χ0) is 19.0. The van der Waals surface area contributed by atoms with Crippen LogP contribution in [0.5, 0.6) is 5.75 Å². The number of aromatic nitrogens is 1. The minimum absolute atomic E-state index is 0.0558. The third-order valence-electron chi connectivity index (χ3n) is 4.60. The first kappa shape index (κ1) is 18.0. The molecule has 0 saturated carbocycles. The lowest BCUT2D eigenvalue weighted by molar-refractivity contribution is 0.0742. The van der Waals surface area contributed by atoms with Crippen LogP contribution in [0.25, 0.3) is 10.2 Å². The first-order valence-electron chi connectivity index (χ1n) is 8.49. The average molecular weight is 406 g/mol. The number of halogens is 2. The number of rotatable bonds is 3. The second-order valence-electron chi connectivity index (χ2n) is 6.21. The van der Waals surface area contributed by atoms with Crippen molar-refractivity contribution in [2.45, 2.75) is 0 Å². The molecule has 0 bridgehead atoms. The summed E-state index contributed by atoms with van der Waals surface area (Å²) in [4.78, 5) is 21.1. The van der Waals surface area contributed by atoms with E-state index in [4.69, 9.17) is 16.3 Å². The lowest BCUT2D eigenvalue weighted by Gasteiger charge is -2.34. The Labute approximate surface area is 164 Å². The van der Waals surface area contributed by atoms with Crippen molar-refractivity contribution >= 4 is 44.2 Å². The van der Waals surface area contributed by atoms with Gasteiger partial charge in [-0.3, -0.25) is 4.79 Å². The van der Waals surface area contributed by atoms with Gasteiger partial charge in [0.25, 0.3) is 5.91 Å². The summed E-state index contributed by atoms with van der Waals surface area (Å²) < 4.78 is 20.3. The van der Waals surface area contributed by atoms with E-state index < -0.39 is 5.82 Å². The van der Waals surface area contributed by atoms with E-state index >= 15 is 0 Å². The molecule has 2 aromatic carbocycles. The molecule has 1 aliphatic rings. The lowest BCUT2D eigenvalue weighted by Crippen LogP contribution is -2.49. The number of nitrogens with zero attached hydrogens (tertiary/aromatic N) is 3. The molecule has 2 heterocycles. The fraction of sp³-hybridized carbons (Fsp3) is 0.263. The fourth-order valence-electron chi connectivity index (χ4n) is 3.12. The number of carbonyl (C=O) groups is 1. The van der Waals surface area contributed by atoms with Gasteiger partial charge >= 0.3 is 0 Å². The van der Waals surface area contributed by atoms with Crippen LogP contribution in [-0.4, -0.2) is 49.1 Å². The van der Waals surface area contributed by atoms with E-state index in [1.165, 1.54) is 18.2 Å². The molecule has 27 heavy (non-hydrogen) atoms. The van der Waals surface area contributed by atoms with Gasteiger partial charge < -0.3 is 14.5 Å². The summed E-state index contributed by atoms with van der Waals surface area (Å²) >= 11 is 7.62. The van der Waals surface area contributed by atoms with Crippen molar-refractivity contribution in [3.05, 3.63) is 52.8 Å². The summed E-state index contributed by atoms with van der Waals surface area (Å²) in [5, 5.41) is 1.05. The third-order valence-corrected chi connectivity index (χ3v) is 5.99. The van der Waals surface area contributed by atoms with Crippen LogP contribution in [0.1, 0.15) is 10.4 Å². The topological polar surface area (TPSA) is 45.7 Å². The van der Waals surface area contributed by atoms with Gasteiger partial charge in [0, 0.05) is 26.2 Å². The van der Waals surface area contributed by atoms with Crippen molar-refractivity contribution in [3.63, 3.8) is 0 Å². The van der Waals surface area contributed by atoms with Crippen molar-refractivity contribution < 1.29 is 13.9 Å². The first-order valence-corrected chi connectivity index (χ1v) is 9.69. The van der Waals surface area contributed by atoms with Gasteiger partial charge in [0.15, 0.2) is 5.13 Å². The SMILES string of the molecule is COc1ccc2nc(N3CCN(C(=O)c4c(F)cccc4Cl)CC3)sc2c1. The van der Waals surface area contributed by atoms with Crippen LogP contribution in [0.3, 0.4) is 0 Å². The Morgan fingerprint density at radius 2 is 2.00 bits per heavy atom. The van der Waals surface area contributed by atoms with Crippen LogP contribution < -0.4 is 9.64 Å². The van der Waals surface area contributed by atoms with E-state index in [0.29, 0.717) is 26.2 Å². The van der Waals surface area contributed by atoms with Crippen LogP contribution in [0.4, 0.5) is 9.52 Å². The number of thiazole rings is 1. The van der Waals surface area contributed by atoms with Gasteiger partial charge in [-0.2, -0.15) is 0 Å². The summed E-state index contributed by atoms with van der Waals surface area (Å²) in [6.45, 7) is 2.25. The monoisotopic (exact) mass is 405 g/mol. The third kappa shape index (κ3) is 3.44. The van der Waals surface area contributed by atoms with Gasteiger partial charge in [-0.25, -0.2) is 9.37 Å². The van der Waals surface area contributed by atoms with E-state index in [9.17, 15) is 9.18 Å². The van der Waals surface area contributed by atoms with Crippen molar-refractivity contribution in [1.29, 1.82) is 0 Å². The van der Waals surface area contributed by atoms with Gasteiger partial charge in [-0.05, 0) is 30.3 Å². The molecule has 140 valence electrons. The highest BCUT2D eigenvalue weighted by Gasteiger charge is 2.27. The molecule has 5 nitrogen and oxygen atoms in total. The van der Waals surface area contributed by atoms with Gasteiger partial charge in [0.05, 0.1) is 27.9 Å². The number of benzene rings is 2.